The van der Waals surface area contributed by atoms with Crippen LogP contribution in [0.4, 0.5) is 5.69 Å². The van der Waals surface area contributed by atoms with Gasteiger partial charge in [-0.15, -0.1) is 0 Å². The topological polar surface area (TPSA) is 56.5 Å². The van der Waals surface area contributed by atoms with Crippen molar-refractivity contribution in [2.45, 2.75) is 26.1 Å². The van der Waals surface area contributed by atoms with Gasteiger partial charge in [0.05, 0.1) is 30.4 Å². The first kappa shape index (κ1) is 14.5. The number of aliphatic hydroxyl groups excluding tert-OH is 1. The minimum absolute atomic E-state index is 0.117. The van der Waals surface area contributed by atoms with E-state index < -0.39 is 6.10 Å². The molecule has 0 radical (unpaired) electrons. The van der Waals surface area contributed by atoms with Crippen LogP contribution in [0.25, 0.3) is 0 Å². The molecule has 0 saturated heterocycles. The number of hydrogen-bond acceptors (Lipinski definition) is 4. The van der Waals surface area contributed by atoms with Gasteiger partial charge in [-0.05, 0) is 32.0 Å². The Kier molecular flexibility index (Phi) is 5.63. The summed E-state index contributed by atoms with van der Waals surface area (Å²) in [6.45, 7) is 4.67. The molecule has 0 aromatic heterocycles. The van der Waals surface area contributed by atoms with Crippen molar-refractivity contribution in [2.75, 3.05) is 25.1 Å². The summed E-state index contributed by atoms with van der Waals surface area (Å²) in [7, 11) is 1.88. The molecule has 0 aliphatic heterocycles. The number of nitrogens with zero attached hydrogens (tertiary/aromatic N) is 2. The third kappa shape index (κ3) is 4.74. The van der Waals surface area contributed by atoms with E-state index in [0.717, 1.165) is 5.69 Å². The number of benzene rings is 1. The molecule has 0 aliphatic carbocycles. The number of ether oxygens (including phenoxy) is 1. The lowest BCUT2D eigenvalue weighted by molar-refractivity contribution is 0.00927. The summed E-state index contributed by atoms with van der Waals surface area (Å²) in [5, 5.41) is 18.7. The van der Waals surface area contributed by atoms with Crippen LogP contribution >= 0.6 is 0 Å². The standard InChI is InChI=1S/C14H20N2O2/c1-11(2)18-10-14(17)9-16(3)13-6-4-5-12(7-13)8-15/h4-7,11,14,17H,9-10H2,1-3H3. The zero-order valence-corrected chi connectivity index (χ0v) is 11.1. The molecule has 18 heavy (non-hydrogen) atoms. The fraction of sp³-hybridized carbons (Fsp3) is 0.500. The molecule has 98 valence electrons. The summed E-state index contributed by atoms with van der Waals surface area (Å²) in [5.41, 5.74) is 1.53. The molecule has 0 bridgehead atoms. The second-order valence-corrected chi connectivity index (χ2v) is 4.58. The molecule has 1 aromatic carbocycles. The highest BCUT2D eigenvalue weighted by molar-refractivity contribution is 5.50. The van der Waals surface area contributed by atoms with Gasteiger partial charge in [-0.2, -0.15) is 5.26 Å². The van der Waals surface area contributed by atoms with Gasteiger partial charge in [-0.25, -0.2) is 0 Å². The summed E-state index contributed by atoms with van der Waals surface area (Å²) >= 11 is 0. The van der Waals surface area contributed by atoms with Gasteiger partial charge in [-0.3, -0.25) is 0 Å². The van der Waals surface area contributed by atoms with Crippen molar-refractivity contribution < 1.29 is 9.84 Å². The highest BCUT2D eigenvalue weighted by atomic mass is 16.5. The highest BCUT2D eigenvalue weighted by Gasteiger charge is 2.10. The second kappa shape index (κ2) is 7.00. The molecule has 1 atom stereocenters. The van der Waals surface area contributed by atoms with Gasteiger partial charge >= 0.3 is 0 Å². The Morgan fingerprint density at radius 3 is 2.78 bits per heavy atom. The van der Waals surface area contributed by atoms with Crippen molar-refractivity contribution in [1.29, 1.82) is 5.26 Å². The minimum Gasteiger partial charge on any atom is -0.389 e. The molecule has 0 amide bonds. The summed E-state index contributed by atoms with van der Waals surface area (Å²) in [4.78, 5) is 1.91. The summed E-state index contributed by atoms with van der Waals surface area (Å²) in [6.07, 6.45) is -0.421. The number of likely N-dealkylation sites (N-methyl/N-ethyl adjacent to an activating group) is 1. The van der Waals surface area contributed by atoms with Crippen LogP contribution in [0, 0.1) is 11.3 Å². The van der Waals surface area contributed by atoms with Crippen LogP contribution < -0.4 is 4.90 Å². The summed E-state index contributed by atoms with van der Waals surface area (Å²) < 4.78 is 5.36. The fourth-order valence-corrected chi connectivity index (χ4v) is 1.59. The van der Waals surface area contributed by atoms with E-state index in [1.165, 1.54) is 0 Å². The second-order valence-electron chi connectivity index (χ2n) is 4.58. The lowest BCUT2D eigenvalue weighted by Crippen LogP contribution is -2.32. The smallest absolute Gasteiger partial charge is 0.0992 e. The lowest BCUT2D eigenvalue weighted by atomic mass is 10.2. The van der Waals surface area contributed by atoms with E-state index in [0.29, 0.717) is 18.7 Å². The molecule has 0 fully saturated rings. The van der Waals surface area contributed by atoms with Crippen LogP contribution in [-0.4, -0.2) is 37.5 Å². The van der Waals surface area contributed by atoms with Crippen LogP contribution in [0.2, 0.25) is 0 Å². The molecule has 0 aliphatic rings. The maximum atomic E-state index is 9.82. The van der Waals surface area contributed by atoms with E-state index in [9.17, 15) is 5.11 Å². The molecule has 1 rings (SSSR count). The molecular formula is C14H20N2O2. The molecule has 0 saturated carbocycles. The predicted octanol–water partition coefficient (Wildman–Crippen LogP) is 1.78. The normalized spacial score (nSPS) is 12.2. The number of rotatable bonds is 6. The lowest BCUT2D eigenvalue weighted by Gasteiger charge is -2.23. The Labute approximate surface area is 108 Å². The number of hydrogen-bond donors (Lipinski definition) is 1. The van der Waals surface area contributed by atoms with E-state index in [-0.39, 0.29) is 6.10 Å². The Balaban J connectivity index is 2.54. The predicted molar refractivity (Wildman–Crippen MR) is 71.5 cm³/mol. The average molecular weight is 248 g/mol. The van der Waals surface area contributed by atoms with Gasteiger partial charge < -0.3 is 14.7 Å². The maximum absolute atomic E-state index is 9.82. The van der Waals surface area contributed by atoms with Crippen LogP contribution in [0.5, 0.6) is 0 Å². The highest BCUT2D eigenvalue weighted by Crippen LogP contribution is 2.14. The number of aliphatic hydroxyl groups is 1. The third-order valence-corrected chi connectivity index (χ3v) is 2.52. The Morgan fingerprint density at radius 2 is 2.17 bits per heavy atom. The molecule has 0 heterocycles. The summed E-state index contributed by atoms with van der Waals surface area (Å²) in [6, 6.07) is 9.41. The quantitative estimate of drug-likeness (QED) is 0.833. The number of nitriles is 1. The molecular weight excluding hydrogens is 228 g/mol. The minimum atomic E-state index is -0.539. The van der Waals surface area contributed by atoms with Crippen LogP contribution in [-0.2, 0) is 4.74 Å². The fourth-order valence-electron chi connectivity index (χ4n) is 1.59. The molecule has 1 N–H and O–H groups in total. The third-order valence-electron chi connectivity index (χ3n) is 2.52. The van der Waals surface area contributed by atoms with Gasteiger partial charge in [0, 0.05) is 19.3 Å². The SMILES string of the molecule is CC(C)OCC(O)CN(C)c1cccc(C#N)c1. The first-order valence-corrected chi connectivity index (χ1v) is 6.04. The first-order chi connectivity index (χ1) is 8.52. The molecule has 1 unspecified atom stereocenters. The monoisotopic (exact) mass is 248 g/mol. The Hall–Kier alpha value is -1.57. The van der Waals surface area contributed by atoms with Gasteiger partial charge in [0.15, 0.2) is 0 Å². The maximum Gasteiger partial charge on any atom is 0.0992 e. The van der Waals surface area contributed by atoms with Gasteiger partial charge in [0.2, 0.25) is 0 Å². The van der Waals surface area contributed by atoms with E-state index in [1.54, 1.807) is 12.1 Å². The van der Waals surface area contributed by atoms with E-state index >= 15 is 0 Å². The van der Waals surface area contributed by atoms with Crippen LogP contribution in [0.3, 0.4) is 0 Å². The van der Waals surface area contributed by atoms with Crippen molar-refractivity contribution in [3.05, 3.63) is 29.8 Å². The first-order valence-electron chi connectivity index (χ1n) is 6.04. The van der Waals surface area contributed by atoms with E-state index in [4.69, 9.17) is 10.00 Å². The van der Waals surface area contributed by atoms with E-state index in [1.807, 2.05) is 37.9 Å². The zero-order chi connectivity index (χ0) is 13.5. The molecule has 1 aromatic rings. The van der Waals surface area contributed by atoms with Crippen molar-refractivity contribution >= 4 is 5.69 Å². The van der Waals surface area contributed by atoms with E-state index in [2.05, 4.69) is 6.07 Å². The largest absolute Gasteiger partial charge is 0.389 e. The van der Waals surface area contributed by atoms with Crippen molar-refractivity contribution in [2.24, 2.45) is 0 Å². The molecule has 4 nitrogen and oxygen atoms in total. The van der Waals surface area contributed by atoms with Crippen molar-refractivity contribution in [1.82, 2.24) is 0 Å². The van der Waals surface area contributed by atoms with Crippen molar-refractivity contribution in [3.63, 3.8) is 0 Å². The van der Waals surface area contributed by atoms with Gasteiger partial charge in [0.1, 0.15) is 0 Å². The molecule has 4 heteroatoms. The van der Waals surface area contributed by atoms with Crippen LogP contribution in [0.15, 0.2) is 24.3 Å². The van der Waals surface area contributed by atoms with Gasteiger partial charge in [0.25, 0.3) is 0 Å². The average Bonchev–Trinajstić information content (AvgIpc) is 2.36. The Morgan fingerprint density at radius 1 is 1.44 bits per heavy atom. The number of anilines is 1. The summed E-state index contributed by atoms with van der Waals surface area (Å²) in [5.74, 6) is 0. The van der Waals surface area contributed by atoms with Gasteiger partial charge in [-0.1, -0.05) is 6.07 Å². The van der Waals surface area contributed by atoms with Crippen molar-refractivity contribution in [3.8, 4) is 6.07 Å². The Bertz CT molecular complexity index is 413. The molecule has 0 spiro atoms. The van der Waals surface area contributed by atoms with Crippen LogP contribution in [0.1, 0.15) is 19.4 Å². The zero-order valence-electron chi connectivity index (χ0n) is 11.1.